The molecule has 3 rings (SSSR count). The molecule has 0 unspecified atom stereocenters. The van der Waals surface area contributed by atoms with Gasteiger partial charge in [0, 0.05) is 43.2 Å². The average molecular weight is 420 g/mol. The van der Waals surface area contributed by atoms with E-state index in [1.807, 2.05) is 4.90 Å². The molecule has 2 heterocycles. The number of carbonyl (C=O) groups is 2. The molecule has 26 heavy (non-hydrogen) atoms. The fourth-order valence-electron chi connectivity index (χ4n) is 2.37. The summed E-state index contributed by atoms with van der Waals surface area (Å²) in [6, 6.07) is 7.09. The number of anilines is 2. The van der Waals surface area contributed by atoms with Crippen molar-refractivity contribution in [2.75, 3.05) is 24.1 Å². The molecule has 1 aromatic carbocycles. The molecule has 8 heteroatoms. The third kappa shape index (κ3) is 6.11. The Morgan fingerprint density at radius 1 is 1.15 bits per heavy atom. The van der Waals surface area contributed by atoms with Gasteiger partial charge >= 0.3 is 0 Å². The zero-order valence-corrected chi connectivity index (χ0v) is 16.2. The molecule has 1 aliphatic rings. The monoisotopic (exact) mass is 419 g/mol. The number of nitrogens with two attached hydrogens (primary N) is 1. The van der Waals surface area contributed by atoms with Crippen LogP contribution in [0.4, 0.5) is 11.6 Å². The lowest BCUT2D eigenvalue weighted by Gasteiger charge is -2.15. The number of halogens is 1. The predicted molar refractivity (Wildman–Crippen MR) is 105 cm³/mol. The molecule has 2 aromatic rings. The first-order valence-corrected chi connectivity index (χ1v) is 9.21. The van der Waals surface area contributed by atoms with Crippen LogP contribution < -0.4 is 11.1 Å². The van der Waals surface area contributed by atoms with E-state index in [1.165, 1.54) is 0 Å². The summed E-state index contributed by atoms with van der Waals surface area (Å²) < 4.78 is 0.840. The maximum Gasteiger partial charge on any atom is 0.253 e. The van der Waals surface area contributed by atoms with Crippen LogP contribution in [0, 0.1) is 0 Å². The van der Waals surface area contributed by atoms with Gasteiger partial charge in [-0.3, -0.25) is 9.59 Å². The van der Waals surface area contributed by atoms with Crippen molar-refractivity contribution in [3.05, 3.63) is 46.7 Å². The Morgan fingerprint density at radius 2 is 1.73 bits per heavy atom. The number of amides is 2. The Balaban J connectivity index is 0.000000254. The summed E-state index contributed by atoms with van der Waals surface area (Å²) >= 11 is 3.16. The molecule has 0 bridgehead atoms. The third-order valence-electron chi connectivity index (χ3n) is 3.77. The second-order valence-corrected chi connectivity index (χ2v) is 6.65. The molecule has 2 amide bonds. The fraction of sp³-hybridized carbons (Fsp3) is 0.333. The molecule has 0 aliphatic carbocycles. The Morgan fingerprint density at radius 3 is 2.23 bits per heavy atom. The Bertz CT molecular complexity index is 707. The van der Waals surface area contributed by atoms with E-state index in [-0.39, 0.29) is 11.8 Å². The van der Waals surface area contributed by atoms with Crippen LogP contribution in [0.15, 0.2) is 41.1 Å². The number of rotatable bonds is 3. The van der Waals surface area contributed by atoms with Gasteiger partial charge in [0.05, 0.1) is 4.47 Å². The molecule has 1 aromatic heterocycles. The minimum absolute atomic E-state index is 0.0198. The molecule has 1 fully saturated rings. The van der Waals surface area contributed by atoms with Crippen LogP contribution in [0.5, 0.6) is 0 Å². The molecule has 0 spiro atoms. The van der Waals surface area contributed by atoms with Gasteiger partial charge in [0.1, 0.15) is 0 Å². The Hall–Kier alpha value is -2.48. The van der Waals surface area contributed by atoms with Gasteiger partial charge in [-0.2, -0.15) is 0 Å². The summed E-state index contributed by atoms with van der Waals surface area (Å²) in [5.41, 5.74) is 6.61. The molecule has 138 valence electrons. The highest BCUT2D eigenvalue weighted by Crippen LogP contribution is 2.15. The molecule has 0 atom stereocenters. The van der Waals surface area contributed by atoms with Gasteiger partial charge < -0.3 is 16.0 Å². The lowest BCUT2D eigenvalue weighted by molar-refractivity contribution is -0.115. The molecule has 0 radical (unpaired) electrons. The summed E-state index contributed by atoms with van der Waals surface area (Å²) in [7, 11) is 0. The quantitative estimate of drug-likeness (QED) is 0.795. The fourth-order valence-corrected chi connectivity index (χ4v) is 2.58. The topological polar surface area (TPSA) is 101 Å². The van der Waals surface area contributed by atoms with Crippen molar-refractivity contribution >= 4 is 39.4 Å². The van der Waals surface area contributed by atoms with Gasteiger partial charge in [-0.15, -0.1) is 0 Å². The second kappa shape index (κ2) is 9.86. The van der Waals surface area contributed by atoms with Crippen LogP contribution in [-0.4, -0.2) is 39.8 Å². The van der Waals surface area contributed by atoms with Crippen LogP contribution in [0.1, 0.15) is 36.5 Å². The summed E-state index contributed by atoms with van der Waals surface area (Å²) in [6.07, 6.45) is 5.84. The van der Waals surface area contributed by atoms with E-state index in [9.17, 15) is 9.59 Å². The predicted octanol–water partition coefficient (Wildman–Crippen LogP) is 3.09. The maximum atomic E-state index is 12.1. The first-order chi connectivity index (χ1) is 12.5. The summed E-state index contributed by atoms with van der Waals surface area (Å²) in [5.74, 6) is 0.364. The van der Waals surface area contributed by atoms with Crippen molar-refractivity contribution in [2.45, 2.75) is 26.2 Å². The van der Waals surface area contributed by atoms with Crippen LogP contribution >= 0.6 is 15.9 Å². The summed E-state index contributed by atoms with van der Waals surface area (Å²) in [5, 5.41) is 2.76. The largest absolute Gasteiger partial charge is 0.368 e. The van der Waals surface area contributed by atoms with Crippen LogP contribution in [-0.2, 0) is 4.79 Å². The molecule has 1 saturated heterocycles. The number of hydrogen-bond donors (Lipinski definition) is 2. The molecule has 1 aliphatic heterocycles. The summed E-state index contributed by atoms with van der Waals surface area (Å²) in [4.78, 5) is 32.6. The molecule has 3 N–H and O–H groups in total. The number of nitrogens with zero attached hydrogens (tertiary/aromatic N) is 3. The minimum atomic E-state index is -0.0198. The smallest absolute Gasteiger partial charge is 0.253 e. The Labute approximate surface area is 161 Å². The standard InChI is InChI=1S/C14H18N2O2.C4H4BrN3/c1-2-13(17)15-12-7-5-11(6-8-12)14(18)16-9-3-4-10-16;5-3-1-7-4(6)8-2-3/h5-8H,2-4,9-10H2,1H3,(H,15,17);1-2H,(H2,6,7,8). The normalized spacial score (nSPS) is 12.9. The zero-order chi connectivity index (χ0) is 18.9. The van der Waals surface area contributed by atoms with Crippen LogP contribution in [0.3, 0.4) is 0 Å². The van der Waals surface area contributed by atoms with Crippen molar-refractivity contribution in [3.63, 3.8) is 0 Å². The number of likely N-dealkylation sites (tertiary alicyclic amines) is 1. The van der Waals surface area contributed by atoms with E-state index in [0.717, 1.165) is 36.1 Å². The van der Waals surface area contributed by atoms with E-state index < -0.39 is 0 Å². The number of carbonyl (C=O) groups excluding carboxylic acids is 2. The van der Waals surface area contributed by atoms with Crippen LogP contribution in [0.2, 0.25) is 0 Å². The van der Waals surface area contributed by atoms with Gasteiger partial charge in [-0.05, 0) is 53.0 Å². The number of nitrogens with one attached hydrogen (secondary N) is 1. The average Bonchev–Trinajstić information content (AvgIpc) is 3.19. The van der Waals surface area contributed by atoms with E-state index in [2.05, 4.69) is 31.2 Å². The molecular formula is C18H22BrN5O2. The van der Waals surface area contributed by atoms with E-state index in [0.29, 0.717) is 17.9 Å². The highest BCUT2D eigenvalue weighted by molar-refractivity contribution is 9.10. The van der Waals surface area contributed by atoms with Crippen LogP contribution in [0.25, 0.3) is 0 Å². The van der Waals surface area contributed by atoms with Crippen molar-refractivity contribution in [1.82, 2.24) is 14.9 Å². The summed E-state index contributed by atoms with van der Waals surface area (Å²) in [6.45, 7) is 3.51. The van der Waals surface area contributed by atoms with Crippen molar-refractivity contribution in [3.8, 4) is 0 Å². The lowest BCUT2D eigenvalue weighted by atomic mass is 10.2. The number of nitrogen functional groups attached to an aromatic ring is 1. The maximum absolute atomic E-state index is 12.1. The highest BCUT2D eigenvalue weighted by Gasteiger charge is 2.19. The van der Waals surface area contributed by atoms with Crippen molar-refractivity contribution in [1.29, 1.82) is 0 Å². The molecule has 7 nitrogen and oxygen atoms in total. The minimum Gasteiger partial charge on any atom is -0.368 e. The van der Waals surface area contributed by atoms with E-state index in [4.69, 9.17) is 5.73 Å². The number of hydrogen-bond acceptors (Lipinski definition) is 5. The highest BCUT2D eigenvalue weighted by atomic mass is 79.9. The van der Waals surface area contributed by atoms with E-state index >= 15 is 0 Å². The third-order valence-corrected chi connectivity index (χ3v) is 4.18. The van der Waals surface area contributed by atoms with Gasteiger partial charge in [0.15, 0.2) is 0 Å². The first-order valence-electron chi connectivity index (χ1n) is 8.41. The first kappa shape index (κ1) is 19.8. The molecule has 0 saturated carbocycles. The second-order valence-electron chi connectivity index (χ2n) is 5.74. The zero-order valence-electron chi connectivity index (χ0n) is 14.6. The van der Waals surface area contributed by atoms with Gasteiger partial charge in [0.25, 0.3) is 5.91 Å². The van der Waals surface area contributed by atoms with E-state index in [1.54, 1.807) is 43.6 Å². The van der Waals surface area contributed by atoms with Gasteiger partial charge in [-0.25, -0.2) is 9.97 Å². The van der Waals surface area contributed by atoms with Crippen molar-refractivity contribution < 1.29 is 9.59 Å². The van der Waals surface area contributed by atoms with Gasteiger partial charge in [0.2, 0.25) is 11.9 Å². The SMILES string of the molecule is CCC(=O)Nc1ccc(C(=O)N2CCCC2)cc1.Nc1ncc(Br)cn1. The number of aromatic nitrogens is 2. The van der Waals surface area contributed by atoms with Crippen molar-refractivity contribution in [2.24, 2.45) is 0 Å². The lowest BCUT2D eigenvalue weighted by Crippen LogP contribution is -2.27. The molecular weight excluding hydrogens is 398 g/mol. The Kier molecular flexibility index (Phi) is 7.53. The number of benzene rings is 1. The van der Waals surface area contributed by atoms with Gasteiger partial charge in [-0.1, -0.05) is 6.92 Å².